The molecule has 0 bridgehead atoms. The second kappa shape index (κ2) is 4.42. The third-order valence-corrected chi connectivity index (χ3v) is 2.98. The average molecular weight is 194 g/mol. The summed E-state index contributed by atoms with van der Waals surface area (Å²) in [5, 5.41) is 0. The van der Waals surface area contributed by atoms with Gasteiger partial charge in [0.2, 0.25) is 5.91 Å². The number of carbonyl (C=O) groups excluding carboxylic acids is 1. The lowest BCUT2D eigenvalue weighted by Gasteiger charge is -2.14. The summed E-state index contributed by atoms with van der Waals surface area (Å²) in [6, 6.07) is 0. The lowest BCUT2D eigenvalue weighted by Crippen LogP contribution is -2.40. The summed E-state index contributed by atoms with van der Waals surface area (Å²) in [7, 11) is -2.18. The molecule has 0 rings (SSSR count). The fraction of sp³-hybridized carbons (Fsp3) is 0.833. The van der Waals surface area contributed by atoms with Crippen LogP contribution in [0.5, 0.6) is 0 Å². The summed E-state index contributed by atoms with van der Waals surface area (Å²) in [4.78, 5) is 10.7. The van der Waals surface area contributed by atoms with Crippen LogP contribution in [0, 0.1) is 0 Å². The van der Waals surface area contributed by atoms with E-state index in [9.17, 15) is 13.2 Å². The summed E-state index contributed by atoms with van der Waals surface area (Å²) in [6.45, 7) is 3.62. The highest BCUT2D eigenvalue weighted by atomic mass is 32.2. The highest BCUT2D eigenvalue weighted by Gasteiger charge is 2.17. The highest BCUT2D eigenvalue weighted by molar-refractivity contribution is 7.87. The molecule has 0 fully saturated rings. The lowest BCUT2D eigenvalue weighted by atomic mass is 10.5. The van der Waals surface area contributed by atoms with E-state index in [2.05, 4.69) is 0 Å². The van der Waals surface area contributed by atoms with E-state index in [0.717, 1.165) is 4.31 Å². The molecule has 0 saturated heterocycles. The SMILES string of the molecule is CCC(=O)NS(=O)(=O)N(C)CC. The first-order valence-electron chi connectivity index (χ1n) is 3.71. The maximum absolute atomic E-state index is 11.1. The molecule has 0 atom stereocenters. The molecule has 0 aliphatic heterocycles. The van der Waals surface area contributed by atoms with Gasteiger partial charge in [0.15, 0.2) is 0 Å². The second-order valence-electron chi connectivity index (χ2n) is 2.30. The van der Waals surface area contributed by atoms with Gasteiger partial charge in [0.1, 0.15) is 0 Å². The Bertz CT molecular complexity index is 248. The predicted molar refractivity (Wildman–Crippen MR) is 45.7 cm³/mol. The first-order valence-corrected chi connectivity index (χ1v) is 5.15. The minimum atomic E-state index is -3.59. The summed E-state index contributed by atoms with van der Waals surface area (Å²) in [6.07, 6.45) is 0.163. The van der Waals surface area contributed by atoms with Crippen LogP contribution in [-0.4, -0.2) is 32.2 Å². The van der Waals surface area contributed by atoms with Crippen LogP contribution < -0.4 is 4.72 Å². The standard InChI is InChI=1S/C6H14N2O3S/c1-4-6(9)7-12(10,11)8(3)5-2/h4-5H2,1-3H3,(H,7,9). The molecule has 0 saturated carbocycles. The number of rotatable bonds is 4. The van der Waals surface area contributed by atoms with Gasteiger partial charge in [-0.25, -0.2) is 4.72 Å². The lowest BCUT2D eigenvalue weighted by molar-refractivity contribution is -0.119. The van der Waals surface area contributed by atoms with Crippen molar-refractivity contribution in [3.8, 4) is 0 Å². The fourth-order valence-corrected chi connectivity index (χ4v) is 1.39. The van der Waals surface area contributed by atoms with Crippen molar-refractivity contribution in [2.45, 2.75) is 20.3 Å². The maximum Gasteiger partial charge on any atom is 0.303 e. The zero-order valence-corrected chi connectivity index (χ0v) is 8.31. The molecule has 1 N–H and O–H groups in total. The molecule has 0 unspecified atom stereocenters. The molecule has 1 amide bonds. The molecule has 0 heterocycles. The Kier molecular flexibility index (Phi) is 4.19. The van der Waals surface area contributed by atoms with Gasteiger partial charge in [-0.2, -0.15) is 12.7 Å². The minimum Gasteiger partial charge on any atom is -0.274 e. The van der Waals surface area contributed by atoms with E-state index < -0.39 is 16.1 Å². The van der Waals surface area contributed by atoms with Gasteiger partial charge in [-0.15, -0.1) is 0 Å². The molecule has 0 aromatic rings. The molecule has 0 aliphatic carbocycles. The highest BCUT2D eigenvalue weighted by Crippen LogP contribution is 1.92. The molecular weight excluding hydrogens is 180 g/mol. The predicted octanol–water partition coefficient (Wildman–Crippen LogP) is -0.291. The maximum atomic E-state index is 11.1. The van der Waals surface area contributed by atoms with Crippen molar-refractivity contribution in [1.82, 2.24) is 9.03 Å². The summed E-state index contributed by atoms with van der Waals surface area (Å²) in [5.41, 5.74) is 0. The molecular formula is C6H14N2O3S. The van der Waals surface area contributed by atoms with Gasteiger partial charge in [-0.05, 0) is 0 Å². The molecule has 0 spiro atoms. The largest absolute Gasteiger partial charge is 0.303 e. The summed E-state index contributed by atoms with van der Waals surface area (Å²) >= 11 is 0. The first kappa shape index (κ1) is 11.4. The van der Waals surface area contributed by atoms with E-state index in [0.29, 0.717) is 6.54 Å². The molecule has 6 heteroatoms. The van der Waals surface area contributed by atoms with Gasteiger partial charge in [0, 0.05) is 20.0 Å². The Labute approximate surface area is 72.9 Å². The molecule has 72 valence electrons. The van der Waals surface area contributed by atoms with E-state index in [1.165, 1.54) is 7.05 Å². The molecule has 0 radical (unpaired) electrons. The normalized spacial score (nSPS) is 11.7. The van der Waals surface area contributed by atoms with Crippen molar-refractivity contribution in [2.24, 2.45) is 0 Å². The van der Waals surface area contributed by atoms with Gasteiger partial charge in [-0.1, -0.05) is 13.8 Å². The van der Waals surface area contributed by atoms with Crippen molar-refractivity contribution in [1.29, 1.82) is 0 Å². The van der Waals surface area contributed by atoms with Gasteiger partial charge < -0.3 is 0 Å². The van der Waals surface area contributed by atoms with E-state index in [-0.39, 0.29) is 6.42 Å². The summed E-state index contributed by atoms with van der Waals surface area (Å²) < 4.78 is 25.2. The Morgan fingerprint density at radius 2 is 1.92 bits per heavy atom. The number of nitrogens with zero attached hydrogens (tertiary/aromatic N) is 1. The zero-order valence-electron chi connectivity index (χ0n) is 7.49. The van der Waals surface area contributed by atoms with Gasteiger partial charge in [0.05, 0.1) is 0 Å². The fourth-order valence-electron chi connectivity index (χ4n) is 0.464. The third-order valence-electron chi connectivity index (χ3n) is 1.42. The number of hydrogen-bond donors (Lipinski definition) is 1. The van der Waals surface area contributed by atoms with Crippen molar-refractivity contribution in [3.05, 3.63) is 0 Å². The van der Waals surface area contributed by atoms with E-state index in [4.69, 9.17) is 0 Å². The van der Waals surface area contributed by atoms with E-state index in [1.54, 1.807) is 13.8 Å². The molecule has 5 nitrogen and oxygen atoms in total. The van der Waals surface area contributed by atoms with Crippen molar-refractivity contribution in [2.75, 3.05) is 13.6 Å². The van der Waals surface area contributed by atoms with Crippen LogP contribution in [0.4, 0.5) is 0 Å². The minimum absolute atomic E-state index is 0.163. The zero-order chi connectivity index (χ0) is 9.78. The van der Waals surface area contributed by atoms with Crippen LogP contribution in [0.2, 0.25) is 0 Å². The van der Waals surface area contributed by atoms with Crippen LogP contribution in [0.1, 0.15) is 20.3 Å². The Morgan fingerprint density at radius 1 is 1.42 bits per heavy atom. The van der Waals surface area contributed by atoms with Gasteiger partial charge in [0.25, 0.3) is 0 Å². The van der Waals surface area contributed by atoms with Crippen LogP contribution in [0.15, 0.2) is 0 Å². The van der Waals surface area contributed by atoms with Crippen LogP contribution in [0.25, 0.3) is 0 Å². The smallest absolute Gasteiger partial charge is 0.274 e. The Hall–Kier alpha value is -0.620. The molecule has 0 aliphatic rings. The van der Waals surface area contributed by atoms with Gasteiger partial charge in [-0.3, -0.25) is 4.79 Å². The van der Waals surface area contributed by atoms with E-state index >= 15 is 0 Å². The van der Waals surface area contributed by atoms with Crippen LogP contribution in [0.3, 0.4) is 0 Å². The summed E-state index contributed by atoms with van der Waals surface area (Å²) in [5.74, 6) is -0.490. The second-order valence-corrected chi connectivity index (χ2v) is 4.08. The van der Waals surface area contributed by atoms with Crippen molar-refractivity contribution in [3.63, 3.8) is 0 Å². The van der Waals surface area contributed by atoms with Crippen molar-refractivity contribution >= 4 is 16.1 Å². The quantitative estimate of drug-likeness (QED) is 0.668. The Morgan fingerprint density at radius 3 is 2.25 bits per heavy atom. The Balaban J connectivity index is 4.34. The number of amides is 1. The van der Waals surface area contributed by atoms with Crippen molar-refractivity contribution < 1.29 is 13.2 Å². The topological polar surface area (TPSA) is 66.5 Å². The third kappa shape index (κ3) is 3.19. The van der Waals surface area contributed by atoms with Gasteiger partial charge >= 0.3 is 10.2 Å². The van der Waals surface area contributed by atoms with Crippen LogP contribution >= 0.6 is 0 Å². The number of hydrogen-bond acceptors (Lipinski definition) is 3. The number of carbonyl (C=O) groups is 1. The molecule has 12 heavy (non-hydrogen) atoms. The monoisotopic (exact) mass is 194 g/mol. The number of nitrogens with one attached hydrogen (secondary N) is 1. The van der Waals surface area contributed by atoms with Crippen LogP contribution in [-0.2, 0) is 15.0 Å². The molecule has 0 aromatic heterocycles. The first-order chi connectivity index (χ1) is 5.44. The van der Waals surface area contributed by atoms with E-state index in [1.807, 2.05) is 4.72 Å². The average Bonchev–Trinajstić information content (AvgIpc) is 2.02. The molecule has 0 aromatic carbocycles.